The third-order valence-electron chi connectivity index (χ3n) is 2.48. The molecule has 5 heteroatoms. The molecule has 1 unspecified atom stereocenters. The summed E-state index contributed by atoms with van der Waals surface area (Å²) in [7, 11) is 0. The van der Waals surface area contributed by atoms with Gasteiger partial charge >= 0.3 is 6.18 Å². The van der Waals surface area contributed by atoms with E-state index in [0.717, 1.165) is 16.7 Å². The molecule has 0 saturated heterocycles. The van der Waals surface area contributed by atoms with Crippen molar-refractivity contribution in [1.82, 2.24) is 5.43 Å². The molecule has 96 valence electrons. The van der Waals surface area contributed by atoms with Gasteiger partial charge < -0.3 is 0 Å². The standard InChI is InChI=1S/C12H17F3N2/c1-8-3-9(2)5-10(4-8)6-11(17-16)7-12(13,14)15/h3-5,11,17H,6-7,16H2,1-2H3. The first-order valence-corrected chi connectivity index (χ1v) is 5.40. The number of hydrazine groups is 1. The third-order valence-corrected chi connectivity index (χ3v) is 2.48. The average Bonchev–Trinajstić information content (AvgIpc) is 2.12. The number of nitrogens with two attached hydrogens (primary N) is 1. The lowest BCUT2D eigenvalue weighted by molar-refractivity contribution is -0.140. The monoisotopic (exact) mass is 246 g/mol. The van der Waals surface area contributed by atoms with Crippen molar-refractivity contribution in [3.05, 3.63) is 34.9 Å². The highest BCUT2D eigenvalue weighted by molar-refractivity contribution is 5.29. The van der Waals surface area contributed by atoms with Crippen molar-refractivity contribution in [2.75, 3.05) is 0 Å². The molecule has 17 heavy (non-hydrogen) atoms. The molecule has 1 aromatic rings. The highest BCUT2D eigenvalue weighted by Crippen LogP contribution is 2.23. The van der Waals surface area contributed by atoms with E-state index in [-0.39, 0.29) is 6.42 Å². The second kappa shape index (κ2) is 5.51. The molecule has 0 aromatic heterocycles. The zero-order valence-electron chi connectivity index (χ0n) is 9.93. The fourth-order valence-electron chi connectivity index (χ4n) is 1.94. The van der Waals surface area contributed by atoms with Crippen molar-refractivity contribution >= 4 is 0 Å². The van der Waals surface area contributed by atoms with Crippen molar-refractivity contribution in [3.8, 4) is 0 Å². The van der Waals surface area contributed by atoms with Crippen molar-refractivity contribution in [2.45, 2.75) is 38.9 Å². The summed E-state index contributed by atoms with van der Waals surface area (Å²) in [6.07, 6.45) is -4.84. The van der Waals surface area contributed by atoms with E-state index in [9.17, 15) is 13.2 Å². The molecule has 3 N–H and O–H groups in total. The molecule has 0 spiro atoms. The van der Waals surface area contributed by atoms with Crippen LogP contribution in [0, 0.1) is 13.8 Å². The molecule has 0 radical (unpaired) electrons. The van der Waals surface area contributed by atoms with Gasteiger partial charge in [-0.3, -0.25) is 11.3 Å². The van der Waals surface area contributed by atoms with Gasteiger partial charge in [-0.25, -0.2) is 0 Å². The highest BCUT2D eigenvalue weighted by atomic mass is 19.4. The Morgan fingerprint density at radius 1 is 1.18 bits per heavy atom. The largest absolute Gasteiger partial charge is 0.390 e. The summed E-state index contributed by atoms with van der Waals surface area (Å²) in [4.78, 5) is 0. The number of aryl methyl sites for hydroxylation is 2. The number of nitrogens with one attached hydrogen (secondary N) is 1. The summed E-state index contributed by atoms with van der Waals surface area (Å²) >= 11 is 0. The number of hydrogen-bond donors (Lipinski definition) is 2. The highest BCUT2D eigenvalue weighted by Gasteiger charge is 2.31. The van der Waals surface area contributed by atoms with Crippen molar-refractivity contribution in [3.63, 3.8) is 0 Å². The predicted octanol–water partition coefficient (Wildman–Crippen LogP) is 2.63. The number of halogens is 3. The maximum absolute atomic E-state index is 12.3. The van der Waals surface area contributed by atoms with E-state index in [2.05, 4.69) is 5.43 Å². The van der Waals surface area contributed by atoms with Crippen LogP contribution in [0.25, 0.3) is 0 Å². The van der Waals surface area contributed by atoms with Gasteiger partial charge in [0.1, 0.15) is 0 Å². The van der Waals surface area contributed by atoms with Gasteiger partial charge in [-0.1, -0.05) is 29.3 Å². The minimum absolute atomic E-state index is 0.276. The van der Waals surface area contributed by atoms with Crippen LogP contribution in [-0.2, 0) is 6.42 Å². The van der Waals surface area contributed by atoms with Crippen LogP contribution in [0.3, 0.4) is 0 Å². The van der Waals surface area contributed by atoms with Crippen LogP contribution in [-0.4, -0.2) is 12.2 Å². The Morgan fingerprint density at radius 3 is 2.12 bits per heavy atom. The molecule has 1 atom stereocenters. The second-order valence-corrected chi connectivity index (χ2v) is 4.38. The van der Waals surface area contributed by atoms with E-state index >= 15 is 0 Å². The Labute approximate surface area is 99.0 Å². The van der Waals surface area contributed by atoms with Crippen molar-refractivity contribution in [2.24, 2.45) is 5.84 Å². The summed E-state index contributed by atoms with van der Waals surface area (Å²) in [6, 6.07) is 4.97. The molecule has 0 heterocycles. The van der Waals surface area contributed by atoms with E-state index in [0.29, 0.717) is 0 Å². The van der Waals surface area contributed by atoms with Gasteiger partial charge in [0.25, 0.3) is 0 Å². The predicted molar refractivity (Wildman–Crippen MR) is 61.4 cm³/mol. The van der Waals surface area contributed by atoms with Gasteiger partial charge in [0.05, 0.1) is 6.42 Å². The van der Waals surface area contributed by atoms with E-state index in [1.54, 1.807) is 0 Å². The Hall–Kier alpha value is -1.07. The van der Waals surface area contributed by atoms with Crippen LogP contribution < -0.4 is 11.3 Å². The molecule has 0 aliphatic rings. The average molecular weight is 246 g/mol. The van der Waals surface area contributed by atoms with Crippen LogP contribution in [0.15, 0.2) is 18.2 Å². The molecule has 0 bridgehead atoms. The number of hydrogen-bond acceptors (Lipinski definition) is 2. The minimum Gasteiger partial charge on any atom is -0.271 e. The second-order valence-electron chi connectivity index (χ2n) is 4.38. The van der Waals surface area contributed by atoms with Crippen LogP contribution in [0.5, 0.6) is 0 Å². The maximum atomic E-state index is 12.3. The van der Waals surface area contributed by atoms with Gasteiger partial charge in [-0.15, -0.1) is 0 Å². The Balaban J connectivity index is 2.73. The molecule has 1 aromatic carbocycles. The zero-order valence-corrected chi connectivity index (χ0v) is 9.93. The van der Waals surface area contributed by atoms with Crippen LogP contribution in [0.1, 0.15) is 23.1 Å². The molecule has 2 nitrogen and oxygen atoms in total. The van der Waals surface area contributed by atoms with E-state index in [1.165, 1.54) is 0 Å². The number of benzene rings is 1. The first-order valence-electron chi connectivity index (χ1n) is 5.40. The van der Waals surface area contributed by atoms with E-state index in [4.69, 9.17) is 5.84 Å². The van der Waals surface area contributed by atoms with Crippen molar-refractivity contribution < 1.29 is 13.2 Å². The van der Waals surface area contributed by atoms with Gasteiger partial charge in [0, 0.05) is 6.04 Å². The summed E-state index contributed by atoms with van der Waals surface area (Å²) in [5, 5.41) is 0. The fourth-order valence-corrected chi connectivity index (χ4v) is 1.94. The minimum atomic E-state index is -4.20. The van der Waals surface area contributed by atoms with Crippen LogP contribution in [0.2, 0.25) is 0 Å². The van der Waals surface area contributed by atoms with E-state index < -0.39 is 18.6 Å². The molecular formula is C12H17F3N2. The molecule has 0 fully saturated rings. The Kier molecular flexibility index (Phi) is 4.54. The number of alkyl halides is 3. The summed E-state index contributed by atoms with van der Waals surface area (Å²) < 4.78 is 36.8. The summed E-state index contributed by atoms with van der Waals surface area (Å²) in [5.41, 5.74) is 5.18. The number of rotatable bonds is 4. The van der Waals surface area contributed by atoms with E-state index in [1.807, 2.05) is 32.0 Å². The summed E-state index contributed by atoms with van der Waals surface area (Å²) in [5.74, 6) is 5.15. The van der Waals surface area contributed by atoms with Crippen LogP contribution in [0.4, 0.5) is 13.2 Å². The fraction of sp³-hybridized carbons (Fsp3) is 0.500. The first kappa shape index (κ1) is 14.0. The molecule has 0 aliphatic carbocycles. The molecule has 0 saturated carbocycles. The molecule has 1 rings (SSSR count). The van der Waals surface area contributed by atoms with Crippen molar-refractivity contribution in [1.29, 1.82) is 0 Å². The maximum Gasteiger partial charge on any atom is 0.390 e. The van der Waals surface area contributed by atoms with Gasteiger partial charge in [0.2, 0.25) is 0 Å². The first-order chi connectivity index (χ1) is 7.80. The molecule has 0 aliphatic heterocycles. The lowest BCUT2D eigenvalue weighted by Crippen LogP contribution is -2.40. The Bertz CT molecular complexity index is 354. The van der Waals surface area contributed by atoms with Crippen LogP contribution >= 0.6 is 0 Å². The smallest absolute Gasteiger partial charge is 0.271 e. The lowest BCUT2D eigenvalue weighted by Gasteiger charge is -2.18. The van der Waals surface area contributed by atoms with Gasteiger partial charge in [0.15, 0.2) is 0 Å². The zero-order chi connectivity index (χ0) is 13.1. The topological polar surface area (TPSA) is 38.0 Å². The van der Waals surface area contributed by atoms with Gasteiger partial charge in [-0.2, -0.15) is 13.2 Å². The third kappa shape index (κ3) is 5.19. The lowest BCUT2D eigenvalue weighted by atomic mass is 10.00. The normalized spacial score (nSPS) is 13.8. The quantitative estimate of drug-likeness (QED) is 0.633. The molecule has 0 amide bonds. The SMILES string of the molecule is Cc1cc(C)cc(CC(CC(F)(F)F)NN)c1. The van der Waals surface area contributed by atoms with Gasteiger partial charge in [-0.05, 0) is 25.8 Å². The summed E-state index contributed by atoms with van der Waals surface area (Å²) in [6.45, 7) is 3.84. The Morgan fingerprint density at radius 2 is 1.71 bits per heavy atom. The molecular weight excluding hydrogens is 229 g/mol.